The van der Waals surface area contributed by atoms with Crippen LogP contribution < -0.4 is 10.6 Å². The smallest absolute Gasteiger partial charge is 0.135 e. The van der Waals surface area contributed by atoms with E-state index in [1.807, 2.05) is 0 Å². The first-order valence-electron chi connectivity index (χ1n) is 8.56. The van der Waals surface area contributed by atoms with Gasteiger partial charge in [-0.1, -0.05) is 13.8 Å². The first kappa shape index (κ1) is 16.9. The molecule has 0 bridgehead atoms. The second kappa shape index (κ2) is 7.20. The van der Waals surface area contributed by atoms with E-state index < -0.39 is 0 Å². The van der Waals surface area contributed by atoms with Gasteiger partial charge in [-0.25, -0.2) is 0 Å². The molecule has 6 nitrogen and oxygen atoms in total. The summed E-state index contributed by atoms with van der Waals surface area (Å²) < 4.78 is 0. The molecule has 0 radical (unpaired) electrons. The van der Waals surface area contributed by atoms with Gasteiger partial charge in [-0.05, 0) is 39.5 Å². The van der Waals surface area contributed by atoms with Crippen LogP contribution in [0.1, 0.15) is 53.4 Å². The van der Waals surface area contributed by atoms with E-state index in [1.54, 1.807) is 0 Å². The fraction of sp³-hybridized carbons (Fsp3) is 0.875. The zero-order valence-corrected chi connectivity index (χ0v) is 14.4. The van der Waals surface area contributed by atoms with Crippen LogP contribution in [0.15, 0.2) is 20.2 Å². The first-order chi connectivity index (χ1) is 10.5. The highest BCUT2D eigenvalue weighted by molar-refractivity contribution is 5.93. The van der Waals surface area contributed by atoms with Crippen molar-refractivity contribution >= 4 is 11.7 Å². The van der Waals surface area contributed by atoms with Crippen molar-refractivity contribution in [1.82, 2.24) is 10.6 Å². The molecule has 2 atom stereocenters. The minimum absolute atomic E-state index is 0.369. The lowest BCUT2D eigenvalue weighted by Gasteiger charge is -2.31. The second-order valence-electron chi connectivity index (χ2n) is 6.48. The predicted octanol–water partition coefficient (Wildman–Crippen LogP) is 2.56. The van der Waals surface area contributed by atoms with Crippen LogP contribution >= 0.6 is 0 Å². The third kappa shape index (κ3) is 3.65. The molecule has 2 rings (SSSR count). The molecule has 2 aliphatic rings. The average molecular weight is 306 g/mol. The summed E-state index contributed by atoms with van der Waals surface area (Å²) in [6.45, 7) is 12.2. The normalized spacial score (nSPS) is 24.5. The van der Waals surface area contributed by atoms with Crippen LogP contribution in [0.5, 0.6) is 0 Å². The summed E-state index contributed by atoms with van der Waals surface area (Å²) in [6.07, 6.45) is 3.94. The SMILES string of the molecule is CCC(C)(N=NC(C)(CC)C1=NCCCN1)C1=NCCCN1. The van der Waals surface area contributed by atoms with Gasteiger partial charge in [0.1, 0.15) is 22.7 Å². The Morgan fingerprint density at radius 3 is 1.55 bits per heavy atom. The number of rotatable bonds is 6. The average Bonchev–Trinajstić information content (AvgIpc) is 2.61. The lowest BCUT2D eigenvalue weighted by molar-refractivity contribution is 0.470. The largest absolute Gasteiger partial charge is 0.372 e. The highest BCUT2D eigenvalue weighted by Crippen LogP contribution is 2.24. The third-order valence-corrected chi connectivity index (χ3v) is 4.68. The maximum Gasteiger partial charge on any atom is 0.135 e. The highest BCUT2D eigenvalue weighted by atomic mass is 15.3. The molecule has 2 aliphatic heterocycles. The summed E-state index contributed by atoms with van der Waals surface area (Å²) in [5.41, 5.74) is -0.738. The molecule has 6 heteroatoms. The number of amidine groups is 2. The van der Waals surface area contributed by atoms with E-state index >= 15 is 0 Å². The third-order valence-electron chi connectivity index (χ3n) is 4.68. The summed E-state index contributed by atoms with van der Waals surface area (Å²) in [7, 11) is 0. The zero-order valence-electron chi connectivity index (χ0n) is 14.4. The molecule has 0 saturated carbocycles. The number of nitrogens with one attached hydrogen (secondary N) is 2. The topological polar surface area (TPSA) is 73.5 Å². The summed E-state index contributed by atoms with van der Waals surface area (Å²) in [6, 6.07) is 0. The van der Waals surface area contributed by atoms with Gasteiger partial charge in [0.2, 0.25) is 0 Å². The van der Waals surface area contributed by atoms with Crippen molar-refractivity contribution in [2.24, 2.45) is 20.2 Å². The van der Waals surface area contributed by atoms with Crippen molar-refractivity contribution in [2.45, 2.75) is 64.5 Å². The molecule has 0 aliphatic carbocycles. The van der Waals surface area contributed by atoms with E-state index in [9.17, 15) is 0 Å². The lowest BCUT2D eigenvalue weighted by Crippen LogP contribution is -2.48. The maximum absolute atomic E-state index is 4.73. The van der Waals surface area contributed by atoms with Gasteiger partial charge in [-0.2, -0.15) is 10.2 Å². The molecule has 2 N–H and O–H groups in total. The monoisotopic (exact) mass is 306 g/mol. The van der Waals surface area contributed by atoms with Gasteiger partial charge in [0, 0.05) is 26.2 Å². The highest BCUT2D eigenvalue weighted by Gasteiger charge is 2.34. The van der Waals surface area contributed by atoms with Crippen molar-refractivity contribution < 1.29 is 0 Å². The maximum atomic E-state index is 4.73. The molecule has 0 aromatic carbocycles. The van der Waals surface area contributed by atoms with Gasteiger partial charge in [-0.15, -0.1) is 0 Å². The minimum atomic E-state index is -0.369. The number of azo groups is 1. The Kier molecular flexibility index (Phi) is 5.53. The molecular formula is C16H30N6. The van der Waals surface area contributed by atoms with E-state index in [0.717, 1.165) is 63.5 Å². The van der Waals surface area contributed by atoms with Gasteiger partial charge in [0.05, 0.1) is 0 Å². The molecule has 22 heavy (non-hydrogen) atoms. The zero-order chi connectivity index (χ0) is 16.1. The van der Waals surface area contributed by atoms with Gasteiger partial charge >= 0.3 is 0 Å². The van der Waals surface area contributed by atoms with Crippen molar-refractivity contribution in [3.8, 4) is 0 Å². The molecule has 124 valence electrons. The Labute approximate surface area is 134 Å². The molecule has 0 aromatic heterocycles. The van der Waals surface area contributed by atoms with Crippen molar-refractivity contribution in [2.75, 3.05) is 26.2 Å². The Balaban J connectivity index is 2.21. The lowest BCUT2D eigenvalue weighted by atomic mass is 9.96. The molecule has 0 spiro atoms. The van der Waals surface area contributed by atoms with E-state index in [-0.39, 0.29) is 11.1 Å². The number of aliphatic imine (C=N–C) groups is 2. The standard InChI is InChI=1S/C16H30N6/c1-5-15(3,13-17-9-7-10-18-13)21-22-16(4,6-2)14-19-11-8-12-20-14/h5-12H2,1-4H3,(H,17,18)(H,19,20). The van der Waals surface area contributed by atoms with Crippen molar-refractivity contribution in [3.63, 3.8) is 0 Å². The van der Waals surface area contributed by atoms with Crippen LogP contribution in [-0.2, 0) is 0 Å². The van der Waals surface area contributed by atoms with Crippen LogP contribution in [0, 0.1) is 0 Å². The van der Waals surface area contributed by atoms with E-state index in [1.165, 1.54) is 0 Å². The van der Waals surface area contributed by atoms with Crippen LogP contribution in [0.3, 0.4) is 0 Å². The van der Waals surface area contributed by atoms with Crippen LogP contribution in [0.25, 0.3) is 0 Å². The summed E-state index contributed by atoms with van der Waals surface area (Å²) in [5.74, 6) is 1.95. The van der Waals surface area contributed by atoms with Gasteiger partial charge < -0.3 is 10.6 Å². The van der Waals surface area contributed by atoms with E-state index in [4.69, 9.17) is 10.2 Å². The van der Waals surface area contributed by atoms with Crippen molar-refractivity contribution in [3.05, 3.63) is 0 Å². The van der Waals surface area contributed by atoms with Gasteiger partial charge in [0.25, 0.3) is 0 Å². The number of hydrogen-bond donors (Lipinski definition) is 2. The fourth-order valence-electron chi connectivity index (χ4n) is 2.58. The molecule has 0 aromatic rings. The molecule has 2 heterocycles. The number of nitrogens with zero attached hydrogens (tertiary/aromatic N) is 4. The van der Waals surface area contributed by atoms with E-state index in [0.29, 0.717) is 0 Å². The quantitative estimate of drug-likeness (QED) is 0.740. The molecule has 0 fully saturated rings. The molecule has 2 unspecified atom stereocenters. The minimum Gasteiger partial charge on any atom is -0.372 e. The molecule has 0 amide bonds. The van der Waals surface area contributed by atoms with Crippen LogP contribution in [0.4, 0.5) is 0 Å². The van der Waals surface area contributed by atoms with Crippen LogP contribution in [-0.4, -0.2) is 48.9 Å². The predicted molar refractivity (Wildman–Crippen MR) is 92.1 cm³/mol. The van der Waals surface area contributed by atoms with Gasteiger partial charge in [-0.3, -0.25) is 9.98 Å². The summed E-state index contributed by atoms with van der Waals surface area (Å²) in [4.78, 5) is 9.23. The fourth-order valence-corrected chi connectivity index (χ4v) is 2.58. The Morgan fingerprint density at radius 2 is 1.27 bits per heavy atom. The first-order valence-corrected chi connectivity index (χ1v) is 8.56. The summed E-state index contributed by atoms with van der Waals surface area (Å²) in [5, 5.41) is 16.2. The Bertz CT molecular complexity index is 427. The van der Waals surface area contributed by atoms with Crippen LogP contribution in [0.2, 0.25) is 0 Å². The van der Waals surface area contributed by atoms with E-state index in [2.05, 4.69) is 48.3 Å². The van der Waals surface area contributed by atoms with Crippen molar-refractivity contribution in [1.29, 1.82) is 0 Å². The van der Waals surface area contributed by atoms with Gasteiger partial charge in [0.15, 0.2) is 0 Å². The Hall–Kier alpha value is -1.46. The Morgan fingerprint density at radius 1 is 0.864 bits per heavy atom. The molecular weight excluding hydrogens is 276 g/mol. The second-order valence-corrected chi connectivity index (χ2v) is 6.48. The molecule has 0 saturated heterocycles. The summed E-state index contributed by atoms with van der Waals surface area (Å²) >= 11 is 0. The number of hydrogen-bond acceptors (Lipinski definition) is 6.